The van der Waals surface area contributed by atoms with Crippen LogP contribution in [0.3, 0.4) is 0 Å². The normalized spacial score (nSPS) is 15.1. The largest absolute Gasteiger partial charge is 0.293 e. The maximum absolute atomic E-state index is 12.1. The highest BCUT2D eigenvalue weighted by atomic mass is 32.1. The van der Waals surface area contributed by atoms with Gasteiger partial charge >= 0.3 is 0 Å². The molecule has 0 atom stereocenters. The summed E-state index contributed by atoms with van der Waals surface area (Å²) < 4.78 is 1.38. The van der Waals surface area contributed by atoms with E-state index in [0.717, 1.165) is 30.2 Å². The van der Waals surface area contributed by atoms with Crippen LogP contribution in [0, 0.1) is 6.92 Å². The fourth-order valence-corrected chi connectivity index (χ4v) is 3.72. The number of hydrogen-bond acceptors (Lipinski definition) is 5. The maximum atomic E-state index is 12.1. The van der Waals surface area contributed by atoms with Crippen molar-refractivity contribution in [2.75, 3.05) is 6.54 Å². The lowest BCUT2D eigenvalue weighted by Crippen LogP contribution is -2.31. The van der Waals surface area contributed by atoms with E-state index >= 15 is 0 Å². The summed E-state index contributed by atoms with van der Waals surface area (Å²) >= 11 is 1.45. The third-order valence-corrected chi connectivity index (χ3v) is 4.82. The first kappa shape index (κ1) is 13.6. The Hall–Kier alpha value is -2.05. The summed E-state index contributed by atoms with van der Waals surface area (Å²) in [6.07, 6.45) is 1.05. The predicted molar refractivity (Wildman–Crippen MR) is 86.1 cm³/mol. The molecule has 3 aromatic rings. The second-order valence-corrected chi connectivity index (χ2v) is 6.79. The van der Waals surface area contributed by atoms with E-state index in [1.54, 1.807) is 6.07 Å². The van der Waals surface area contributed by atoms with Crippen LogP contribution in [0.15, 0.2) is 35.1 Å². The number of hydrogen-bond donors (Lipinski definition) is 0. The van der Waals surface area contributed by atoms with Gasteiger partial charge in [0.15, 0.2) is 0 Å². The van der Waals surface area contributed by atoms with E-state index in [4.69, 9.17) is 0 Å². The minimum atomic E-state index is -0.0956. The van der Waals surface area contributed by atoms with Crippen molar-refractivity contribution < 1.29 is 0 Å². The quantitative estimate of drug-likeness (QED) is 0.726. The van der Waals surface area contributed by atoms with E-state index in [-0.39, 0.29) is 5.56 Å². The molecule has 0 aliphatic carbocycles. The van der Waals surface area contributed by atoms with Gasteiger partial charge in [0.2, 0.25) is 4.96 Å². The molecule has 1 aromatic carbocycles. The van der Waals surface area contributed by atoms with Crippen molar-refractivity contribution in [3.05, 3.63) is 62.5 Å². The van der Waals surface area contributed by atoms with E-state index in [1.807, 2.05) is 6.92 Å². The van der Waals surface area contributed by atoms with Crippen LogP contribution in [-0.4, -0.2) is 26.0 Å². The Balaban J connectivity index is 1.61. The van der Waals surface area contributed by atoms with Crippen molar-refractivity contribution in [1.29, 1.82) is 0 Å². The summed E-state index contributed by atoms with van der Waals surface area (Å²) in [5.41, 5.74) is 3.54. The lowest BCUT2D eigenvalue weighted by atomic mass is 10.00. The van der Waals surface area contributed by atoms with Gasteiger partial charge in [-0.15, -0.1) is 0 Å². The van der Waals surface area contributed by atoms with Crippen LogP contribution in [0.1, 0.15) is 21.8 Å². The van der Waals surface area contributed by atoms with Gasteiger partial charge in [0.25, 0.3) is 5.56 Å². The first-order chi connectivity index (χ1) is 10.7. The van der Waals surface area contributed by atoms with Crippen LogP contribution in [0.2, 0.25) is 0 Å². The molecule has 0 saturated heterocycles. The van der Waals surface area contributed by atoms with Crippen molar-refractivity contribution in [2.24, 2.45) is 0 Å². The number of rotatable bonds is 2. The van der Waals surface area contributed by atoms with Crippen LogP contribution >= 0.6 is 11.3 Å². The molecule has 0 saturated carbocycles. The van der Waals surface area contributed by atoms with E-state index in [0.29, 0.717) is 11.5 Å². The Labute approximate surface area is 131 Å². The maximum Gasteiger partial charge on any atom is 0.275 e. The van der Waals surface area contributed by atoms with Crippen LogP contribution in [-0.2, 0) is 19.5 Å². The Morgan fingerprint density at radius 2 is 2.09 bits per heavy atom. The molecule has 112 valence electrons. The van der Waals surface area contributed by atoms with E-state index in [9.17, 15) is 4.79 Å². The van der Waals surface area contributed by atoms with Gasteiger partial charge in [-0.2, -0.15) is 9.61 Å². The van der Waals surface area contributed by atoms with Gasteiger partial charge in [-0.3, -0.25) is 9.69 Å². The standard InChI is InChI=1S/C16H16N4OS/c1-11-18-20-15(21)8-14(17-16(20)22-11)10-19-7-6-12-4-2-3-5-13(12)9-19/h2-5,8H,6-7,9-10H2,1H3. The van der Waals surface area contributed by atoms with Crippen LogP contribution in [0.5, 0.6) is 0 Å². The number of fused-ring (bicyclic) bond motifs is 2. The van der Waals surface area contributed by atoms with Crippen LogP contribution < -0.4 is 5.56 Å². The number of aromatic nitrogens is 3. The zero-order valence-corrected chi connectivity index (χ0v) is 13.1. The summed E-state index contributed by atoms with van der Waals surface area (Å²) in [4.78, 5) is 19.7. The van der Waals surface area contributed by atoms with E-state index in [2.05, 4.69) is 39.2 Å². The number of aryl methyl sites for hydroxylation is 1. The van der Waals surface area contributed by atoms with E-state index in [1.165, 1.54) is 27.0 Å². The first-order valence-corrected chi connectivity index (χ1v) is 8.16. The van der Waals surface area contributed by atoms with Gasteiger partial charge in [0, 0.05) is 25.7 Å². The molecule has 3 heterocycles. The fourth-order valence-electron chi connectivity index (χ4n) is 2.95. The Bertz CT molecular complexity index is 899. The third kappa shape index (κ3) is 2.44. The first-order valence-electron chi connectivity index (χ1n) is 7.34. The molecule has 0 radical (unpaired) electrons. The molecule has 2 aromatic heterocycles. The molecular weight excluding hydrogens is 296 g/mol. The van der Waals surface area contributed by atoms with Crippen molar-refractivity contribution >= 4 is 16.3 Å². The SMILES string of the molecule is Cc1nn2c(=O)cc(CN3CCc4ccccc4C3)nc2s1. The Morgan fingerprint density at radius 3 is 2.95 bits per heavy atom. The Morgan fingerprint density at radius 1 is 1.27 bits per heavy atom. The van der Waals surface area contributed by atoms with Gasteiger partial charge in [-0.05, 0) is 24.5 Å². The molecule has 5 nitrogen and oxygen atoms in total. The van der Waals surface area contributed by atoms with Crippen molar-refractivity contribution in [1.82, 2.24) is 19.5 Å². The third-order valence-electron chi connectivity index (χ3n) is 3.99. The zero-order chi connectivity index (χ0) is 15.1. The molecule has 0 amide bonds. The molecule has 0 fully saturated rings. The topological polar surface area (TPSA) is 50.5 Å². The second kappa shape index (κ2) is 5.30. The fraction of sp³-hybridized carbons (Fsp3) is 0.312. The number of benzene rings is 1. The molecule has 6 heteroatoms. The molecule has 1 aliphatic heterocycles. The minimum Gasteiger partial charge on any atom is -0.293 e. The van der Waals surface area contributed by atoms with Gasteiger partial charge in [0.05, 0.1) is 5.69 Å². The minimum absolute atomic E-state index is 0.0956. The van der Waals surface area contributed by atoms with Gasteiger partial charge in [0.1, 0.15) is 5.01 Å². The van der Waals surface area contributed by atoms with Crippen molar-refractivity contribution in [3.63, 3.8) is 0 Å². The molecular formula is C16H16N4OS. The monoisotopic (exact) mass is 312 g/mol. The van der Waals surface area contributed by atoms with Gasteiger partial charge in [-0.25, -0.2) is 4.98 Å². The summed E-state index contributed by atoms with van der Waals surface area (Å²) in [5, 5.41) is 5.03. The smallest absolute Gasteiger partial charge is 0.275 e. The highest BCUT2D eigenvalue weighted by Crippen LogP contribution is 2.20. The van der Waals surface area contributed by atoms with Gasteiger partial charge in [-0.1, -0.05) is 35.6 Å². The molecule has 0 N–H and O–H groups in total. The summed E-state index contributed by atoms with van der Waals surface area (Å²) in [6.45, 7) is 4.51. The average Bonchev–Trinajstić information content (AvgIpc) is 2.88. The van der Waals surface area contributed by atoms with Crippen LogP contribution in [0.4, 0.5) is 0 Å². The van der Waals surface area contributed by atoms with Crippen molar-refractivity contribution in [2.45, 2.75) is 26.4 Å². The molecule has 0 bridgehead atoms. The average molecular weight is 312 g/mol. The van der Waals surface area contributed by atoms with Crippen molar-refractivity contribution in [3.8, 4) is 0 Å². The summed E-state index contributed by atoms with van der Waals surface area (Å²) in [7, 11) is 0. The second-order valence-electron chi connectivity index (χ2n) is 5.63. The molecule has 22 heavy (non-hydrogen) atoms. The molecule has 0 spiro atoms. The van der Waals surface area contributed by atoms with E-state index < -0.39 is 0 Å². The summed E-state index contributed by atoms with van der Waals surface area (Å²) in [5.74, 6) is 0. The van der Waals surface area contributed by atoms with Gasteiger partial charge < -0.3 is 0 Å². The predicted octanol–water partition coefficient (Wildman–Crippen LogP) is 2.02. The molecule has 0 unspecified atom stereocenters. The highest BCUT2D eigenvalue weighted by Gasteiger charge is 2.17. The summed E-state index contributed by atoms with van der Waals surface area (Å²) in [6, 6.07) is 10.2. The molecule has 1 aliphatic rings. The highest BCUT2D eigenvalue weighted by molar-refractivity contribution is 7.16. The lowest BCUT2D eigenvalue weighted by Gasteiger charge is -2.28. The number of nitrogens with zero attached hydrogens (tertiary/aromatic N) is 4. The Kier molecular flexibility index (Phi) is 3.28. The zero-order valence-electron chi connectivity index (χ0n) is 12.3. The van der Waals surface area contributed by atoms with Crippen LogP contribution in [0.25, 0.3) is 4.96 Å². The lowest BCUT2D eigenvalue weighted by molar-refractivity contribution is 0.242. The molecule has 4 rings (SSSR count).